The lowest BCUT2D eigenvalue weighted by Crippen LogP contribution is -2.32. The second-order valence-corrected chi connectivity index (χ2v) is 5.68. The molecule has 1 N–H and O–H groups in total. The molecule has 1 aliphatic rings. The van der Waals surface area contributed by atoms with Gasteiger partial charge in [-0.05, 0) is 30.4 Å². The van der Waals surface area contributed by atoms with Gasteiger partial charge in [-0.2, -0.15) is 13.2 Å². The molecule has 1 aromatic carbocycles. The van der Waals surface area contributed by atoms with Gasteiger partial charge in [0.15, 0.2) is 5.78 Å². The van der Waals surface area contributed by atoms with Crippen molar-refractivity contribution >= 4 is 5.78 Å². The average molecular weight is 300 g/mol. The van der Waals surface area contributed by atoms with E-state index in [-0.39, 0.29) is 18.1 Å². The highest BCUT2D eigenvalue weighted by atomic mass is 19.4. The summed E-state index contributed by atoms with van der Waals surface area (Å²) < 4.78 is 37.9. The van der Waals surface area contributed by atoms with Gasteiger partial charge in [0, 0.05) is 6.42 Å². The van der Waals surface area contributed by atoms with Crippen LogP contribution in [-0.4, -0.2) is 17.0 Å². The third-order valence-corrected chi connectivity index (χ3v) is 4.06. The monoisotopic (exact) mass is 300 g/mol. The minimum Gasteiger partial charge on any atom is -0.385 e. The second kappa shape index (κ2) is 6.60. The number of benzene rings is 1. The fourth-order valence-corrected chi connectivity index (χ4v) is 2.88. The lowest BCUT2D eigenvalue weighted by molar-refractivity contribution is -0.137. The molecule has 1 saturated carbocycles. The third kappa shape index (κ3) is 4.30. The maximum Gasteiger partial charge on any atom is 0.416 e. The summed E-state index contributed by atoms with van der Waals surface area (Å²) in [5.41, 5.74) is -0.468. The number of rotatable bonds is 4. The Morgan fingerprint density at radius 2 is 1.90 bits per heavy atom. The van der Waals surface area contributed by atoms with Crippen LogP contribution in [0.2, 0.25) is 0 Å². The number of hydrogen-bond acceptors (Lipinski definition) is 2. The maximum absolute atomic E-state index is 12.6. The van der Waals surface area contributed by atoms with Crippen LogP contribution in [0.5, 0.6) is 0 Å². The quantitative estimate of drug-likeness (QED) is 0.919. The zero-order valence-corrected chi connectivity index (χ0v) is 11.7. The van der Waals surface area contributed by atoms with Crippen molar-refractivity contribution in [2.24, 2.45) is 5.92 Å². The Balaban J connectivity index is 2.02. The summed E-state index contributed by atoms with van der Waals surface area (Å²) in [4.78, 5) is 12.0. The molecule has 0 spiro atoms. The molecule has 0 saturated heterocycles. The van der Waals surface area contributed by atoms with Crippen LogP contribution in [0, 0.1) is 5.92 Å². The first-order chi connectivity index (χ1) is 9.88. The summed E-state index contributed by atoms with van der Waals surface area (Å²) in [5, 5.41) is 10.1. The molecule has 2 nitrogen and oxygen atoms in total. The van der Waals surface area contributed by atoms with Crippen molar-refractivity contribution < 1.29 is 23.1 Å². The molecule has 116 valence electrons. The Bertz CT molecular complexity index is 491. The maximum atomic E-state index is 12.6. The summed E-state index contributed by atoms with van der Waals surface area (Å²) >= 11 is 0. The number of carbonyl (C=O) groups excluding carboxylic acids is 1. The van der Waals surface area contributed by atoms with E-state index in [0.717, 1.165) is 44.2 Å². The van der Waals surface area contributed by atoms with E-state index in [1.807, 2.05) is 0 Å². The summed E-state index contributed by atoms with van der Waals surface area (Å²) in [6.07, 6.45) is -0.879. The average Bonchev–Trinajstić information content (AvgIpc) is 2.47. The summed E-state index contributed by atoms with van der Waals surface area (Å²) in [5.74, 6) is -0.432. The minimum atomic E-state index is -4.42. The Hall–Kier alpha value is -1.36. The summed E-state index contributed by atoms with van der Waals surface area (Å²) in [6, 6.07) is 4.73. The van der Waals surface area contributed by atoms with Gasteiger partial charge in [0.05, 0.1) is 5.56 Å². The van der Waals surface area contributed by atoms with Gasteiger partial charge in [-0.1, -0.05) is 37.5 Å². The van der Waals surface area contributed by atoms with Crippen LogP contribution in [0.3, 0.4) is 0 Å². The van der Waals surface area contributed by atoms with Crippen molar-refractivity contribution in [1.82, 2.24) is 0 Å². The van der Waals surface area contributed by atoms with Gasteiger partial charge in [-0.15, -0.1) is 0 Å². The van der Waals surface area contributed by atoms with Gasteiger partial charge >= 0.3 is 6.18 Å². The molecule has 0 radical (unpaired) electrons. The normalized spacial score (nSPS) is 18.5. The van der Waals surface area contributed by atoms with Crippen LogP contribution in [0.15, 0.2) is 24.3 Å². The Kier molecular flexibility index (Phi) is 5.04. The van der Waals surface area contributed by atoms with Gasteiger partial charge in [0.2, 0.25) is 0 Å². The fraction of sp³-hybridized carbons (Fsp3) is 0.562. The number of alkyl halides is 3. The van der Waals surface area contributed by atoms with E-state index in [9.17, 15) is 23.1 Å². The standard InChI is InChI=1S/C16H19F3O2/c17-16(18,19)13-8-4-5-11(9-13)10-14(20)15(21)12-6-2-1-3-7-12/h4-5,8-9,12,15,21H,1-3,6-7,10H2. The van der Waals surface area contributed by atoms with Gasteiger partial charge in [-0.3, -0.25) is 4.79 Å². The van der Waals surface area contributed by atoms with Gasteiger partial charge < -0.3 is 5.11 Å². The molecular formula is C16H19F3O2. The molecule has 2 rings (SSSR count). The topological polar surface area (TPSA) is 37.3 Å². The second-order valence-electron chi connectivity index (χ2n) is 5.68. The van der Waals surface area contributed by atoms with Crippen LogP contribution >= 0.6 is 0 Å². The zero-order chi connectivity index (χ0) is 15.5. The zero-order valence-electron chi connectivity index (χ0n) is 11.7. The van der Waals surface area contributed by atoms with E-state index >= 15 is 0 Å². The van der Waals surface area contributed by atoms with E-state index in [1.54, 1.807) is 0 Å². The van der Waals surface area contributed by atoms with Crippen molar-refractivity contribution in [2.45, 2.75) is 50.8 Å². The lowest BCUT2D eigenvalue weighted by atomic mass is 9.83. The highest BCUT2D eigenvalue weighted by molar-refractivity contribution is 5.85. The number of Topliss-reactive ketones (excluding diaryl/α,β-unsaturated/α-hetero) is 1. The minimum absolute atomic E-state index is 0.0444. The lowest BCUT2D eigenvalue weighted by Gasteiger charge is -2.25. The van der Waals surface area contributed by atoms with Crippen LogP contribution in [0.4, 0.5) is 13.2 Å². The molecule has 1 atom stereocenters. The Labute approximate surface area is 122 Å². The number of aliphatic hydroxyl groups excluding tert-OH is 1. The third-order valence-electron chi connectivity index (χ3n) is 4.06. The first-order valence-corrected chi connectivity index (χ1v) is 7.25. The van der Waals surface area contributed by atoms with E-state index in [1.165, 1.54) is 12.1 Å². The highest BCUT2D eigenvalue weighted by Crippen LogP contribution is 2.30. The molecular weight excluding hydrogens is 281 g/mol. The van der Waals surface area contributed by atoms with Crippen molar-refractivity contribution in [3.05, 3.63) is 35.4 Å². The predicted octanol–water partition coefficient (Wildman–Crippen LogP) is 3.76. The number of halogens is 3. The molecule has 1 unspecified atom stereocenters. The SMILES string of the molecule is O=C(Cc1cccc(C(F)(F)F)c1)C(O)C1CCCCC1. The van der Waals surface area contributed by atoms with Crippen LogP contribution in [0.25, 0.3) is 0 Å². The molecule has 0 bridgehead atoms. The fourth-order valence-electron chi connectivity index (χ4n) is 2.88. The van der Waals surface area contributed by atoms with Crippen molar-refractivity contribution in [3.63, 3.8) is 0 Å². The van der Waals surface area contributed by atoms with E-state index in [0.29, 0.717) is 5.56 Å². The van der Waals surface area contributed by atoms with Crippen LogP contribution in [0.1, 0.15) is 43.2 Å². The molecule has 21 heavy (non-hydrogen) atoms. The first kappa shape index (κ1) is 16.0. The van der Waals surface area contributed by atoms with Crippen molar-refractivity contribution in [3.8, 4) is 0 Å². The largest absolute Gasteiger partial charge is 0.416 e. The Morgan fingerprint density at radius 3 is 2.52 bits per heavy atom. The highest BCUT2D eigenvalue weighted by Gasteiger charge is 2.31. The van der Waals surface area contributed by atoms with Crippen molar-refractivity contribution in [2.75, 3.05) is 0 Å². The Morgan fingerprint density at radius 1 is 1.24 bits per heavy atom. The molecule has 1 fully saturated rings. The first-order valence-electron chi connectivity index (χ1n) is 7.25. The van der Waals surface area contributed by atoms with E-state index < -0.39 is 17.8 Å². The predicted molar refractivity (Wildman–Crippen MR) is 72.7 cm³/mol. The van der Waals surface area contributed by atoms with Crippen molar-refractivity contribution in [1.29, 1.82) is 0 Å². The molecule has 0 aromatic heterocycles. The molecule has 1 aromatic rings. The number of ketones is 1. The molecule has 0 aliphatic heterocycles. The number of hydrogen-bond donors (Lipinski definition) is 1. The molecule has 5 heteroatoms. The van der Waals surface area contributed by atoms with Gasteiger partial charge in [0.25, 0.3) is 0 Å². The van der Waals surface area contributed by atoms with Crippen LogP contribution < -0.4 is 0 Å². The van der Waals surface area contributed by atoms with Crippen LogP contribution in [-0.2, 0) is 17.4 Å². The smallest absolute Gasteiger partial charge is 0.385 e. The van der Waals surface area contributed by atoms with E-state index in [4.69, 9.17) is 0 Å². The van der Waals surface area contributed by atoms with Gasteiger partial charge in [0.1, 0.15) is 6.10 Å². The summed E-state index contributed by atoms with van der Waals surface area (Å²) in [7, 11) is 0. The van der Waals surface area contributed by atoms with Gasteiger partial charge in [-0.25, -0.2) is 0 Å². The molecule has 0 amide bonds. The molecule has 0 heterocycles. The summed E-state index contributed by atoms with van der Waals surface area (Å²) in [6.45, 7) is 0. The number of aliphatic hydroxyl groups is 1. The molecule has 1 aliphatic carbocycles. The number of carbonyl (C=O) groups is 1. The van der Waals surface area contributed by atoms with E-state index in [2.05, 4.69) is 0 Å².